The van der Waals surface area contributed by atoms with Crippen molar-refractivity contribution in [2.45, 2.75) is 14.8 Å². The third-order valence-corrected chi connectivity index (χ3v) is 16.1. The molecule has 0 saturated heterocycles. The predicted molar refractivity (Wildman–Crippen MR) is 150 cm³/mol. The van der Waals surface area contributed by atoms with Crippen LogP contribution in [0, 0.1) is 3.57 Å². The normalized spacial score (nSPS) is 11.3. The lowest BCUT2D eigenvalue weighted by molar-refractivity contribution is -0.140. The Labute approximate surface area is 212 Å². The molecule has 0 fully saturated rings. The first kappa shape index (κ1) is 24.4. The number of carbonyl (C=O) groups excluding carboxylic acids is 1. The first-order chi connectivity index (χ1) is 16.2. The third kappa shape index (κ3) is 5.21. The summed E-state index contributed by atoms with van der Waals surface area (Å²) >= 11 is 7.36. The number of hydrogen-bond acceptors (Lipinski definition) is 6. The van der Waals surface area contributed by atoms with Crippen molar-refractivity contribution in [3.8, 4) is 0 Å². The van der Waals surface area contributed by atoms with Crippen molar-refractivity contribution < 1.29 is 9.53 Å². The second kappa shape index (κ2) is 11.6. The number of hydrogen-bond donors (Lipinski definition) is 0. The topological polar surface area (TPSA) is 26.3 Å². The van der Waals surface area contributed by atoms with E-state index in [-0.39, 0.29) is 5.97 Å². The highest BCUT2D eigenvalue weighted by Crippen LogP contribution is 2.54. The molecule has 0 saturated carbocycles. The molecule has 170 valence electrons. The Morgan fingerprint density at radius 3 is 1.67 bits per heavy atom. The maximum absolute atomic E-state index is 11.6. The van der Waals surface area contributed by atoms with Gasteiger partial charge in [0.05, 0.1) is 25.5 Å². The Kier molecular flexibility index (Phi) is 8.61. The largest absolute Gasteiger partial charge is 0.469 e. The average molecular weight is 529 g/mol. The summed E-state index contributed by atoms with van der Waals surface area (Å²) in [7, 11) is 1.45. The monoisotopic (exact) mass is 528 g/mol. The summed E-state index contributed by atoms with van der Waals surface area (Å²) < 4.78 is 8.87. The van der Waals surface area contributed by atoms with Crippen LogP contribution in [0.25, 0.3) is 0 Å². The molecule has 0 amide bonds. The molecule has 0 N–H and O–H groups in total. The predicted octanol–water partition coefficient (Wildman–Crippen LogP) is 6.71. The zero-order chi connectivity index (χ0) is 23.1. The van der Waals surface area contributed by atoms with Crippen LogP contribution in [0.1, 0.15) is 6.42 Å². The summed E-state index contributed by atoms with van der Waals surface area (Å²) in [5.41, 5.74) is 0. The van der Waals surface area contributed by atoms with Crippen molar-refractivity contribution in [3.63, 3.8) is 0 Å². The van der Waals surface area contributed by atoms with Gasteiger partial charge in [-0.3, -0.25) is 4.79 Å². The molecule has 0 atom stereocenters. The second-order valence-corrected chi connectivity index (χ2v) is 15.8. The van der Waals surface area contributed by atoms with Crippen LogP contribution in [0.15, 0.2) is 99.4 Å². The number of esters is 1. The zero-order valence-corrected chi connectivity index (χ0v) is 22.6. The van der Waals surface area contributed by atoms with Crippen LogP contribution in [-0.2, 0) is 9.53 Å². The van der Waals surface area contributed by atoms with E-state index in [1.54, 1.807) is 23.5 Å². The van der Waals surface area contributed by atoms with E-state index in [1.165, 1.54) is 35.0 Å². The van der Waals surface area contributed by atoms with Gasteiger partial charge in [0.25, 0.3) is 0 Å². The number of benzene rings is 3. The molecule has 1 aromatic heterocycles. The highest BCUT2D eigenvalue weighted by atomic mass is 32.2. The minimum atomic E-state index is -2.06. The lowest BCUT2D eigenvalue weighted by Gasteiger charge is -2.27. The summed E-state index contributed by atoms with van der Waals surface area (Å²) in [6, 6.07) is 32.8. The quantitative estimate of drug-likeness (QED) is 0.144. The van der Waals surface area contributed by atoms with Crippen molar-refractivity contribution in [1.82, 2.24) is 0 Å². The van der Waals surface area contributed by atoms with E-state index < -0.39 is 6.89 Å². The molecule has 0 radical (unpaired) electrons. The SMILES string of the molecule is COC(=O)CCSc1sc(=P(c2ccccc2)(c2ccccc2)c2ccccc2)sc1SC. The van der Waals surface area contributed by atoms with Gasteiger partial charge >= 0.3 is 5.97 Å². The standard InChI is InChI=1S/C26H25O2PS4/c1-28-23(27)18-19-31-25-24(30-2)32-26(33-25)29(20-12-6-3-7-13-20,21-14-8-4-9-15-21)22-16-10-5-11-17-22/h3-17H,18-19H2,1-2H3. The van der Waals surface area contributed by atoms with E-state index in [4.69, 9.17) is 4.74 Å². The van der Waals surface area contributed by atoms with Gasteiger partial charge < -0.3 is 4.74 Å². The third-order valence-electron chi connectivity index (χ3n) is 5.18. The summed E-state index contributed by atoms with van der Waals surface area (Å²) in [4.78, 5) is 11.6. The van der Waals surface area contributed by atoms with Gasteiger partial charge in [0.15, 0.2) is 0 Å². The van der Waals surface area contributed by atoms with Gasteiger partial charge in [-0.2, -0.15) is 0 Å². The Hall–Kier alpha value is -1.69. The molecule has 0 bridgehead atoms. The van der Waals surface area contributed by atoms with Crippen LogP contribution in [0.4, 0.5) is 0 Å². The molecule has 4 rings (SSSR count). The lowest BCUT2D eigenvalue weighted by atomic mass is 10.4. The molecule has 0 unspecified atom stereocenters. The molecule has 3 aromatic carbocycles. The molecule has 2 nitrogen and oxygen atoms in total. The molecule has 0 spiro atoms. The molecule has 7 heteroatoms. The maximum atomic E-state index is 11.6. The Balaban J connectivity index is 2.04. The number of methoxy groups -OCH3 is 1. The van der Waals surface area contributed by atoms with E-state index in [2.05, 4.69) is 97.3 Å². The molecular weight excluding hydrogens is 504 g/mol. The lowest BCUT2D eigenvalue weighted by Crippen LogP contribution is -2.25. The first-order valence-corrected chi connectivity index (χ1v) is 16.1. The van der Waals surface area contributed by atoms with Crippen molar-refractivity contribution in [2.24, 2.45) is 0 Å². The smallest absolute Gasteiger partial charge is 0.306 e. The molecule has 1 heterocycles. The highest BCUT2D eigenvalue weighted by molar-refractivity contribution is 8.05. The van der Waals surface area contributed by atoms with Crippen LogP contribution < -0.4 is 15.9 Å². The van der Waals surface area contributed by atoms with Crippen LogP contribution >= 0.6 is 53.1 Å². The van der Waals surface area contributed by atoms with Crippen molar-refractivity contribution in [1.29, 1.82) is 0 Å². The molecule has 0 aliphatic rings. The van der Waals surface area contributed by atoms with Crippen LogP contribution in [0.5, 0.6) is 0 Å². The van der Waals surface area contributed by atoms with Crippen LogP contribution in [0.3, 0.4) is 0 Å². The summed E-state index contributed by atoms with van der Waals surface area (Å²) in [6.45, 7) is -2.06. The second-order valence-electron chi connectivity index (χ2n) is 7.10. The van der Waals surface area contributed by atoms with E-state index in [9.17, 15) is 4.79 Å². The van der Waals surface area contributed by atoms with Crippen LogP contribution in [-0.4, -0.2) is 25.1 Å². The summed E-state index contributed by atoms with van der Waals surface area (Å²) in [5, 5.41) is 4.08. The van der Waals surface area contributed by atoms with E-state index in [0.29, 0.717) is 6.42 Å². The van der Waals surface area contributed by atoms with Gasteiger partial charge in [-0.05, 0) is 22.2 Å². The van der Waals surface area contributed by atoms with Gasteiger partial charge in [0.2, 0.25) is 0 Å². The molecule has 0 aliphatic carbocycles. The summed E-state index contributed by atoms with van der Waals surface area (Å²) in [5.74, 6) is 0.564. The minimum absolute atomic E-state index is 0.159. The van der Waals surface area contributed by atoms with E-state index >= 15 is 0 Å². The van der Waals surface area contributed by atoms with Crippen molar-refractivity contribution >= 4 is 75.0 Å². The minimum Gasteiger partial charge on any atom is -0.469 e. The number of carbonyl (C=O) groups is 1. The van der Waals surface area contributed by atoms with Gasteiger partial charge in [-0.25, -0.2) is 0 Å². The molecular formula is C26H25O2PS4. The van der Waals surface area contributed by atoms with E-state index in [0.717, 1.165) is 5.75 Å². The molecule has 33 heavy (non-hydrogen) atoms. The summed E-state index contributed by atoms with van der Waals surface area (Å²) in [6.07, 6.45) is 2.56. The maximum Gasteiger partial charge on any atom is 0.306 e. The zero-order valence-electron chi connectivity index (χ0n) is 18.5. The molecule has 4 aromatic rings. The number of rotatable bonds is 8. The highest BCUT2D eigenvalue weighted by Gasteiger charge is 2.28. The van der Waals surface area contributed by atoms with Crippen molar-refractivity contribution in [3.05, 3.63) is 94.6 Å². The number of thioether (sulfide) groups is 2. The Morgan fingerprint density at radius 1 is 0.788 bits per heavy atom. The van der Waals surface area contributed by atoms with E-state index in [1.807, 2.05) is 22.7 Å². The van der Waals surface area contributed by atoms with Gasteiger partial charge in [-0.15, -0.1) is 46.2 Å². The van der Waals surface area contributed by atoms with Gasteiger partial charge in [-0.1, -0.05) is 91.0 Å². The van der Waals surface area contributed by atoms with Crippen molar-refractivity contribution in [2.75, 3.05) is 19.1 Å². The number of ether oxygens (including phenoxy) is 1. The van der Waals surface area contributed by atoms with Crippen LogP contribution in [0.2, 0.25) is 0 Å². The van der Waals surface area contributed by atoms with Gasteiger partial charge in [0, 0.05) is 12.6 Å². The van der Waals surface area contributed by atoms with Gasteiger partial charge in [0.1, 0.15) is 0 Å². The molecule has 0 aliphatic heterocycles. The Morgan fingerprint density at radius 2 is 1.24 bits per heavy atom. The fraction of sp³-hybridized carbons (Fsp3) is 0.154. The first-order valence-electron chi connectivity index (χ1n) is 10.5. The fourth-order valence-electron chi connectivity index (χ4n) is 3.66. The Bertz CT molecular complexity index is 1180. The average Bonchev–Trinajstić information content (AvgIpc) is 3.29. The fourth-order valence-corrected chi connectivity index (χ4v) is 15.8.